The van der Waals surface area contributed by atoms with Crippen LogP contribution in [0.25, 0.3) is 0 Å². The second kappa shape index (κ2) is 6.93. The van der Waals surface area contributed by atoms with Gasteiger partial charge in [-0.2, -0.15) is 0 Å². The van der Waals surface area contributed by atoms with E-state index in [0.717, 1.165) is 7.11 Å². The van der Waals surface area contributed by atoms with E-state index in [9.17, 15) is 18.0 Å². The zero-order chi connectivity index (χ0) is 16.0. The monoisotopic (exact) mass is 317 g/mol. The molecule has 0 fully saturated rings. The Morgan fingerprint density at radius 2 is 2.05 bits per heavy atom. The number of aliphatic carboxylic acids is 1. The molecule has 8 nitrogen and oxygen atoms in total. The summed E-state index contributed by atoms with van der Waals surface area (Å²) in [5, 5.41) is 7.12. The molecule has 1 atom stereocenters. The van der Waals surface area contributed by atoms with Crippen LogP contribution in [0.4, 0.5) is 5.69 Å². The Morgan fingerprint density at radius 1 is 1.38 bits per heavy atom. The molecule has 0 aliphatic heterocycles. The molecule has 2 N–H and O–H groups in total. The number of carbonyl (C=O) groups is 2. The van der Waals surface area contributed by atoms with E-state index in [1.54, 1.807) is 0 Å². The second-order valence-electron chi connectivity index (χ2n) is 4.02. The maximum atomic E-state index is 11.9. The summed E-state index contributed by atoms with van der Waals surface area (Å²) in [6.45, 7) is 0.647. The normalized spacial score (nSPS) is 12.3. The Hall–Kier alpha value is -2.29. The van der Waals surface area contributed by atoms with Gasteiger partial charge >= 0.3 is 11.9 Å². The molecular formula is C12H15NO7S. The van der Waals surface area contributed by atoms with Crippen LogP contribution in [-0.4, -0.2) is 44.4 Å². The molecule has 0 saturated heterocycles. The van der Waals surface area contributed by atoms with Crippen LogP contribution in [0, 0.1) is 0 Å². The third-order valence-corrected chi connectivity index (χ3v) is 4.10. The summed E-state index contributed by atoms with van der Waals surface area (Å²) in [7, 11) is -2.88. The summed E-state index contributed by atoms with van der Waals surface area (Å²) < 4.78 is 35.4. The Balaban J connectivity index is 2.85. The molecule has 0 aliphatic rings. The van der Waals surface area contributed by atoms with Gasteiger partial charge in [0.05, 0.1) is 12.8 Å². The quantitative estimate of drug-likeness (QED) is 0.701. The van der Waals surface area contributed by atoms with E-state index in [2.05, 4.69) is 9.46 Å². The summed E-state index contributed by atoms with van der Waals surface area (Å²) in [5.74, 6) is -1.86. The van der Waals surface area contributed by atoms with Crippen LogP contribution < -0.4 is 9.46 Å². The highest BCUT2D eigenvalue weighted by atomic mass is 32.2. The molecule has 0 aliphatic carbocycles. The van der Waals surface area contributed by atoms with Crippen molar-refractivity contribution in [2.24, 2.45) is 0 Å². The largest absolute Gasteiger partial charge is 0.482 e. The summed E-state index contributed by atoms with van der Waals surface area (Å²) in [5.41, 5.74) is 0.147. The van der Waals surface area contributed by atoms with Crippen LogP contribution in [0.3, 0.4) is 0 Å². The second-order valence-corrected chi connectivity index (χ2v) is 6.02. The third-order valence-electron chi connectivity index (χ3n) is 2.46. The van der Waals surface area contributed by atoms with Crippen molar-refractivity contribution in [3.8, 4) is 5.75 Å². The van der Waals surface area contributed by atoms with Crippen LogP contribution in [0.2, 0.25) is 0 Å². The zero-order valence-electron chi connectivity index (χ0n) is 11.4. The Morgan fingerprint density at radius 3 is 2.62 bits per heavy atom. The lowest BCUT2D eigenvalue weighted by atomic mass is 10.3. The van der Waals surface area contributed by atoms with Crippen LogP contribution >= 0.6 is 0 Å². The number of carboxylic acid groups (broad SMARTS) is 1. The fourth-order valence-corrected chi connectivity index (χ4v) is 2.32. The molecule has 0 amide bonds. The van der Waals surface area contributed by atoms with Gasteiger partial charge in [-0.05, 0) is 19.1 Å². The number of carboxylic acids is 1. The maximum Gasteiger partial charge on any atom is 0.341 e. The van der Waals surface area contributed by atoms with E-state index in [-0.39, 0.29) is 11.4 Å². The van der Waals surface area contributed by atoms with Crippen molar-refractivity contribution in [2.45, 2.75) is 12.2 Å². The van der Waals surface area contributed by atoms with Crippen molar-refractivity contribution < 1.29 is 32.6 Å². The van der Waals surface area contributed by atoms with Crippen LogP contribution in [-0.2, 0) is 24.3 Å². The van der Waals surface area contributed by atoms with Crippen molar-refractivity contribution >= 4 is 27.6 Å². The highest BCUT2D eigenvalue weighted by Crippen LogP contribution is 2.19. The molecule has 1 aromatic carbocycles. The van der Waals surface area contributed by atoms with E-state index in [0.29, 0.717) is 0 Å². The highest BCUT2D eigenvalue weighted by Gasteiger charge is 2.28. The minimum absolute atomic E-state index is 0.147. The maximum absolute atomic E-state index is 11.9. The molecule has 1 unspecified atom stereocenters. The predicted molar refractivity (Wildman–Crippen MR) is 73.6 cm³/mol. The van der Waals surface area contributed by atoms with Crippen LogP contribution in [0.1, 0.15) is 6.92 Å². The van der Waals surface area contributed by atoms with E-state index < -0.39 is 33.8 Å². The topological polar surface area (TPSA) is 119 Å². The number of hydrogen-bond donors (Lipinski definition) is 2. The number of nitrogens with one attached hydrogen (secondary N) is 1. The van der Waals surface area contributed by atoms with Gasteiger partial charge in [-0.25, -0.2) is 13.2 Å². The molecule has 0 bridgehead atoms. The zero-order valence-corrected chi connectivity index (χ0v) is 12.2. The van der Waals surface area contributed by atoms with Gasteiger partial charge in [0.15, 0.2) is 11.9 Å². The molecule has 21 heavy (non-hydrogen) atoms. The average Bonchev–Trinajstić information content (AvgIpc) is 2.43. The standard InChI is InChI=1S/C12H15NO7S/c1-8(12(16)19-2)21(17,18)13-9-4-3-5-10(6-9)20-7-11(14)15/h3-6,8,13H,7H2,1-2H3,(H,14,15). The molecular weight excluding hydrogens is 302 g/mol. The number of ether oxygens (including phenoxy) is 2. The lowest BCUT2D eigenvalue weighted by molar-refractivity contribution is -0.140. The first-order valence-corrected chi connectivity index (χ1v) is 7.35. The van der Waals surface area contributed by atoms with Crippen molar-refractivity contribution in [3.05, 3.63) is 24.3 Å². The number of carbonyl (C=O) groups excluding carboxylic acids is 1. The molecule has 0 heterocycles. The van der Waals surface area contributed by atoms with Gasteiger partial charge in [0.25, 0.3) is 0 Å². The molecule has 0 spiro atoms. The van der Waals surface area contributed by atoms with Gasteiger partial charge in [0, 0.05) is 6.07 Å². The van der Waals surface area contributed by atoms with E-state index in [1.807, 2.05) is 0 Å². The third kappa shape index (κ3) is 4.95. The Kier molecular flexibility index (Phi) is 5.53. The average molecular weight is 317 g/mol. The van der Waals surface area contributed by atoms with Gasteiger partial charge in [-0.3, -0.25) is 9.52 Å². The number of methoxy groups -OCH3 is 1. The van der Waals surface area contributed by atoms with E-state index >= 15 is 0 Å². The SMILES string of the molecule is COC(=O)C(C)S(=O)(=O)Nc1cccc(OCC(=O)O)c1. The van der Waals surface area contributed by atoms with Crippen LogP contribution in [0.15, 0.2) is 24.3 Å². The number of hydrogen-bond acceptors (Lipinski definition) is 6. The molecule has 0 saturated carbocycles. The highest BCUT2D eigenvalue weighted by molar-refractivity contribution is 7.94. The number of anilines is 1. The first-order valence-electron chi connectivity index (χ1n) is 5.80. The van der Waals surface area contributed by atoms with E-state index in [4.69, 9.17) is 9.84 Å². The van der Waals surface area contributed by atoms with Gasteiger partial charge < -0.3 is 14.6 Å². The fourth-order valence-electron chi connectivity index (χ4n) is 1.34. The number of benzene rings is 1. The summed E-state index contributed by atoms with van der Waals surface area (Å²) in [4.78, 5) is 21.7. The lowest BCUT2D eigenvalue weighted by Crippen LogP contribution is -2.33. The number of rotatable bonds is 7. The van der Waals surface area contributed by atoms with Crippen molar-refractivity contribution in [3.63, 3.8) is 0 Å². The molecule has 1 rings (SSSR count). The fraction of sp³-hybridized carbons (Fsp3) is 0.333. The van der Waals surface area contributed by atoms with Gasteiger partial charge in [-0.15, -0.1) is 0 Å². The molecule has 1 aromatic rings. The Labute approximate surface area is 121 Å². The number of sulfonamides is 1. The van der Waals surface area contributed by atoms with Gasteiger partial charge in [-0.1, -0.05) is 6.07 Å². The lowest BCUT2D eigenvalue weighted by Gasteiger charge is -2.13. The van der Waals surface area contributed by atoms with E-state index in [1.165, 1.54) is 31.2 Å². The summed E-state index contributed by atoms with van der Waals surface area (Å²) in [6.07, 6.45) is 0. The first-order chi connectivity index (χ1) is 9.76. The van der Waals surface area contributed by atoms with Gasteiger partial charge in [0.2, 0.25) is 10.0 Å². The predicted octanol–water partition coefficient (Wildman–Crippen LogP) is 0.453. The number of esters is 1. The minimum atomic E-state index is -3.97. The van der Waals surface area contributed by atoms with Crippen molar-refractivity contribution in [1.29, 1.82) is 0 Å². The van der Waals surface area contributed by atoms with Gasteiger partial charge in [0.1, 0.15) is 5.75 Å². The van der Waals surface area contributed by atoms with Crippen molar-refractivity contribution in [1.82, 2.24) is 0 Å². The summed E-state index contributed by atoms with van der Waals surface area (Å²) >= 11 is 0. The first kappa shape index (κ1) is 16.8. The smallest absolute Gasteiger partial charge is 0.341 e. The molecule has 116 valence electrons. The minimum Gasteiger partial charge on any atom is -0.482 e. The molecule has 0 aromatic heterocycles. The summed E-state index contributed by atoms with van der Waals surface area (Å²) in [6, 6.07) is 5.71. The molecule has 0 radical (unpaired) electrons. The van der Waals surface area contributed by atoms with Crippen LogP contribution in [0.5, 0.6) is 5.75 Å². The Bertz CT molecular complexity index is 626. The van der Waals surface area contributed by atoms with Crippen molar-refractivity contribution in [2.75, 3.05) is 18.4 Å². The molecule has 9 heteroatoms.